The zero-order chi connectivity index (χ0) is 14.8. The summed E-state index contributed by atoms with van der Waals surface area (Å²) in [5, 5.41) is 0. The van der Waals surface area contributed by atoms with Gasteiger partial charge < -0.3 is 0 Å². The molecular weight excluding hydrogens is 345 g/mol. The summed E-state index contributed by atoms with van der Waals surface area (Å²) >= 11 is 3.14. The van der Waals surface area contributed by atoms with Crippen molar-refractivity contribution in [2.75, 3.05) is 13.1 Å². The van der Waals surface area contributed by atoms with E-state index in [-0.39, 0.29) is 4.90 Å². The molecule has 6 heteroatoms. The highest BCUT2D eigenvalue weighted by molar-refractivity contribution is 9.10. The molecule has 20 heavy (non-hydrogen) atoms. The lowest BCUT2D eigenvalue weighted by molar-refractivity contribution is 0.262. The third kappa shape index (κ3) is 3.40. The number of rotatable bonds is 4. The van der Waals surface area contributed by atoms with Gasteiger partial charge in [0.25, 0.3) is 0 Å². The first kappa shape index (κ1) is 15.9. The highest BCUT2D eigenvalue weighted by Crippen LogP contribution is 2.28. The topological polar surface area (TPSA) is 37.4 Å². The normalized spacial score (nSPS) is 18.4. The fourth-order valence-electron chi connectivity index (χ4n) is 2.67. The first-order valence-electron chi connectivity index (χ1n) is 6.90. The van der Waals surface area contributed by atoms with Gasteiger partial charge in [0.05, 0.1) is 0 Å². The third-order valence-electron chi connectivity index (χ3n) is 3.78. The molecule has 2 rings (SSSR count). The Bertz CT molecular complexity index is 569. The molecule has 0 radical (unpaired) electrons. The molecule has 0 amide bonds. The largest absolute Gasteiger partial charge is 0.245 e. The van der Waals surface area contributed by atoms with Gasteiger partial charge in [0.15, 0.2) is 0 Å². The van der Waals surface area contributed by atoms with Crippen LogP contribution < -0.4 is 0 Å². The Morgan fingerprint density at radius 2 is 2.00 bits per heavy atom. The van der Waals surface area contributed by atoms with Gasteiger partial charge in [0.2, 0.25) is 10.0 Å². The fourth-order valence-corrected chi connectivity index (χ4v) is 4.52. The van der Waals surface area contributed by atoms with Crippen molar-refractivity contribution in [3.8, 4) is 0 Å². The average molecular weight is 364 g/mol. The maximum absolute atomic E-state index is 13.9. The molecule has 0 N–H and O–H groups in total. The first-order chi connectivity index (χ1) is 9.45. The Morgan fingerprint density at radius 3 is 2.55 bits per heavy atom. The number of hydrogen-bond acceptors (Lipinski definition) is 2. The van der Waals surface area contributed by atoms with Gasteiger partial charge in [-0.25, -0.2) is 12.8 Å². The quantitative estimate of drug-likeness (QED) is 0.815. The molecule has 1 saturated heterocycles. The second-order valence-electron chi connectivity index (χ2n) is 5.21. The second-order valence-corrected chi connectivity index (χ2v) is 8.03. The lowest BCUT2D eigenvalue weighted by atomic mass is 9.94. The Morgan fingerprint density at radius 1 is 1.35 bits per heavy atom. The Balaban J connectivity index is 2.15. The second kappa shape index (κ2) is 6.54. The van der Waals surface area contributed by atoms with E-state index in [9.17, 15) is 12.8 Å². The summed E-state index contributed by atoms with van der Waals surface area (Å²) in [6.07, 6.45) is 4.00. The number of piperidine rings is 1. The van der Waals surface area contributed by atoms with Crippen LogP contribution in [0.5, 0.6) is 0 Å². The van der Waals surface area contributed by atoms with Gasteiger partial charge in [-0.3, -0.25) is 0 Å². The zero-order valence-corrected chi connectivity index (χ0v) is 13.9. The zero-order valence-electron chi connectivity index (χ0n) is 11.5. The molecule has 1 aliphatic rings. The summed E-state index contributed by atoms with van der Waals surface area (Å²) in [5.74, 6) is -0.101. The molecule has 112 valence electrons. The maximum atomic E-state index is 13.9. The van der Waals surface area contributed by atoms with Crippen LogP contribution in [0.3, 0.4) is 0 Å². The Kier molecular flexibility index (Phi) is 5.20. The monoisotopic (exact) mass is 363 g/mol. The highest BCUT2D eigenvalue weighted by Gasteiger charge is 2.30. The lowest BCUT2D eigenvalue weighted by Gasteiger charge is -2.31. The minimum atomic E-state index is -3.71. The molecular formula is C14H19BrFNO2S. The van der Waals surface area contributed by atoms with Crippen LogP contribution in [0.4, 0.5) is 4.39 Å². The van der Waals surface area contributed by atoms with Crippen LogP contribution in [0, 0.1) is 11.7 Å². The van der Waals surface area contributed by atoms with Crippen molar-refractivity contribution in [2.45, 2.75) is 37.5 Å². The van der Waals surface area contributed by atoms with Crippen LogP contribution in [-0.2, 0) is 10.0 Å². The SMILES string of the molecule is CCCC1CCN(S(=O)(=O)c2ccc(Br)cc2F)CC1. The van der Waals surface area contributed by atoms with E-state index in [1.165, 1.54) is 16.4 Å². The van der Waals surface area contributed by atoms with Gasteiger partial charge in [-0.1, -0.05) is 35.7 Å². The molecule has 0 atom stereocenters. The number of benzene rings is 1. The molecule has 0 aromatic heterocycles. The van der Waals surface area contributed by atoms with Crippen LogP contribution in [-0.4, -0.2) is 25.8 Å². The predicted molar refractivity (Wildman–Crippen MR) is 80.5 cm³/mol. The summed E-state index contributed by atoms with van der Waals surface area (Å²) in [6.45, 7) is 3.12. The third-order valence-corrected chi connectivity index (χ3v) is 6.21. The van der Waals surface area contributed by atoms with Crippen LogP contribution in [0.25, 0.3) is 0 Å². The van der Waals surface area contributed by atoms with Crippen molar-refractivity contribution < 1.29 is 12.8 Å². The molecule has 0 saturated carbocycles. The molecule has 1 fully saturated rings. The van der Waals surface area contributed by atoms with Crippen LogP contribution in [0.1, 0.15) is 32.6 Å². The Hall–Kier alpha value is -0.460. The first-order valence-corrected chi connectivity index (χ1v) is 9.13. The van der Waals surface area contributed by atoms with Gasteiger partial charge in [-0.15, -0.1) is 0 Å². The van der Waals surface area contributed by atoms with Gasteiger partial charge in [0.1, 0.15) is 10.7 Å². The van der Waals surface area contributed by atoms with Gasteiger partial charge >= 0.3 is 0 Å². The van der Waals surface area contributed by atoms with Crippen molar-refractivity contribution in [2.24, 2.45) is 5.92 Å². The molecule has 1 heterocycles. The van der Waals surface area contributed by atoms with Crippen molar-refractivity contribution in [1.82, 2.24) is 4.31 Å². The van der Waals surface area contributed by atoms with E-state index >= 15 is 0 Å². The molecule has 1 aromatic carbocycles. The van der Waals surface area contributed by atoms with Crippen LogP contribution in [0.15, 0.2) is 27.6 Å². The van der Waals surface area contributed by atoms with E-state index in [1.807, 2.05) is 0 Å². The van der Waals surface area contributed by atoms with Crippen molar-refractivity contribution >= 4 is 26.0 Å². The van der Waals surface area contributed by atoms with Gasteiger partial charge in [0, 0.05) is 17.6 Å². The van der Waals surface area contributed by atoms with E-state index in [2.05, 4.69) is 22.9 Å². The van der Waals surface area contributed by atoms with E-state index < -0.39 is 15.8 Å². The number of hydrogen-bond donors (Lipinski definition) is 0. The fraction of sp³-hybridized carbons (Fsp3) is 0.571. The number of nitrogens with zero attached hydrogens (tertiary/aromatic N) is 1. The lowest BCUT2D eigenvalue weighted by Crippen LogP contribution is -2.38. The van der Waals surface area contributed by atoms with Gasteiger partial charge in [-0.2, -0.15) is 4.31 Å². The van der Waals surface area contributed by atoms with E-state index in [1.54, 1.807) is 6.07 Å². The minimum Gasteiger partial charge on any atom is -0.207 e. The standard InChI is InChI=1S/C14H19BrFNO2S/c1-2-3-11-6-8-17(9-7-11)20(18,19)14-5-4-12(15)10-13(14)16/h4-5,10-11H,2-3,6-9H2,1H3. The molecule has 0 unspecified atom stereocenters. The van der Waals surface area contributed by atoms with E-state index in [0.29, 0.717) is 23.5 Å². The van der Waals surface area contributed by atoms with E-state index in [4.69, 9.17) is 0 Å². The number of halogens is 2. The van der Waals surface area contributed by atoms with Crippen molar-refractivity contribution in [1.29, 1.82) is 0 Å². The molecule has 1 aliphatic heterocycles. The van der Waals surface area contributed by atoms with Crippen molar-refractivity contribution in [3.05, 3.63) is 28.5 Å². The van der Waals surface area contributed by atoms with Crippen molar-refractivity contribution in [3.63, 3.8) is 0 Å². The highest BCUT2D eigenvalue weighted by atomic mass is 79.9. The summed E-state index contributed by atoms with van der Waals surface area (Å²) < 4.78 is 40.7. The average Bonchev–Trinajstić information content (AvgIpc) is 2.39. The summed E-state index contributed by atoms with van der Waals surface area (Å²) in [6, 6.07) is 4.07. The minimum absolute atomic E-state index is 0.227. The van der Waals surface area contributed by atoms with E-state index in [0.717, 1.165) is 25.7 Å². The van der Waals surface area contributed by atoms with Gasteiger partial charge in [-0.05, 0) is 37.0 Å². The van der Waals surface area contributed by atoms with Crippen LogP contribution >= 0.6 is 15.9 Å². The molecule has 1 aromatic rings. The molecule has 0 spiro atoms. The predicted octanol–water partition coefficient (Wildman–Crippen LogP) is 3.79. The summed E-state index contributed by atoms with van der Waals surface area (Å²) in [5.41, 5.74) is 0. The smallest absolute Gasteiger partial charge is 0.207 e. The number of sulfonamides is 1. The molecule has 3 nitrogen and oxygen atoms in total. The molecule has 0 bridgehead atoms. The Labute approximate surface area is 128 Å². The molecule has 0 aliphatic carbocycles. The van der Waals surface area contributed by atoms with Crippen LogP contribution in [0.2, 0.25) is 0 Å². The maximum Gasteiger partial charge on any atom is 0.245 e. The summed E-state index contributed by atoms with van der Waals surface area (Å²) in [7, 11) is -3.71. The summed E-state index contributed by atoms with van der Waals surface area (Å²) in [4.78, 5) is -0.227.